The van der Waals surface area contributed by atoms with Crippen LogP contribution >= 0.6 is 0 Å². The maximum atomic E-state index is 13.4. The minimum atomic E-state index is -0.588. The van der Waals surface area contributed by atoms with Gasteiger partial charge < -0.3 is 10.1 Å². The van der Waals surface area contributed by atoms with Crippen LogP contribution in [0.2, 0.25) is 0 Å². The SMILES string of the molecule is CC(C)(C)OC(=O)C1CNCC2C(=O)N(c3cccc(N=C(c4ccccc4)c4ccccc4)c3)CN12. The Morgan fingerprint density at radius 3 is 2.19 bits per heavy atom. The summed E-state index contributed by atoms with van der Waals surface area (Å²) in [7, 11) is 0. The molecule has 5 rings (SSSR count). The van der Waals surface area contributed by atoms with Crippen molar-refractivity contribution in [1.82, 2.24) is 10.2 Å². The molecule has 3 aromatic rings. The average molecular weight is 497 g/mol. The number of nitrogens with zero attached hydrogens (tertiary/aromatic N) is 3. The predicted octanol–water partition coefficient (Wildman–Crippen LogP) is 4.14. The molecule has 7 nitrogen and oxygen atoms in total. The average Bonchev–Trinajstić information content (AvgIpc) is 3.24. The van der Waals surface area contributed by atoms with Crippen molar-refractivity contribution in [2.24, 2.45) is 4.99 Å². The Bertz CT molecular complexity index is 1260. The zero-order valence-electron chi connectivity index (χ0n) is 21.4. The summed E-state index contributed by atoms with van der Waals surface area (Å²) >= 11 is 0. The van der Waals surface area contributed by atoms with E-state index in [-0.39, 0.29) is 11.9 Å². The molecule has 3 aromatic carbocycles. The van der Waals surface area contributed by atoms with Gasteiger partial charge in [-0.25, -0.2) is 4.99 Å². The van der Waals surface area contributed by atoms with Gasteiger partial charge in [-0.3, -0.25) is 19.4 Å². The Balaban J connectivity index is 1.44. The van der Waals surface area contributed by atoms with Crippen LogP contribution in [0.5, 0.6) is 0 Å². The Morgan fingerprint density at radius 1 is 0.919 bits per heavy atom. The van der Waals surface area contributed by atoms with Crippen LogP contribution in [-0.2, 0) is 14.3 Å². The second-order valence-electron chi connectivity index (χ2n) is 10.4. The summed E-state index contributed by atoms with van der Waals surface area (Å²) in [4.78, 5) is 35.0. The molecule has 2 fully saturated rings. The number of hydrogen-bond acceptors (Lipinski definition) is 6. The normalized spacial score (nSPS) is 19.9. The molecule has 190 valence electrons. The first-order valence-electron chi connectivity index (χ1n) is 12.6. The topological polar surface area (TPSA) is 74.2 Å². The maximum Gasteiger partial charge on any atom is 0.325 e. The highest BCUT2D eigenvalue weighted by molar-refractivity contribution is 6.14. The Kier molecular flexibility index (Phi) is 6.91. The Morgan fingerprint density at radius 2 is 1.57 bits per heavy atom. The summed E-state index contributed by atoms with van der Waals surface area (Å²) in [6.45, 7) is 6.83. The number of fused-ring (bicyclic) bond motifs is 1. The molecule has 0 spiro atoms. The third-order valence-corrected chi connectivity index (χ3v) is 6.49. The van der Waals surface area contributed by atoms with Crippen molar-refractivity contribution in [1.29, 1.82) is 0 Å². The number of carbonyl (C=O) groups excluding carboxylic acids is 2. The standard InChI is InChI=1S/C30H32N4O3/c1-30(2,3)37-29(36)26-19-31-18-25-28(35)33(20-34(25)26)24-16-10-15-23(17-24)32-27(21-11-6-4-7-12-21)22-13-8-5-9-14-22/h4-17,25-26,31H,18-20H2,1-3H3. The van der Waals surface area contributed by atoms with Crippen LogP contribution in [0.3, 0.4) is 0 Å². The van der Waals surface area contributed by atoms with E-state index in [0.29, 0.717) is 19.8 Å². The van der Waals surface area contributed by atoms with E-state index in [1.54, 1.807) is 4.90 Å². The van der Waals surface area contributed by atoms with Crippen molar-refractivity contribution in [2.45, 2.75) is 38.5 Å². The summed E-state index contributed by atoms with van der Waals surface area (Å²) in [6.07, 6.45) is 0. The highest BCUT2D eigenvalue weighted by Gasteiger charge is 2.47. The van der Waals surface area contributed by atoms with E-state index >= 15 is 0 Å². The number of ether oxygens (including phenoxy) is 1. The van der Waals surface area contributed by atoms with Crippen LogP contribution in [0.4, 0.5) is 11.4 Å². The van der Waals surface area contributed by atoms with Crippen molar-refractivity contribution in [3.05, 3.63) is 96.1 Å². The molecule has 1 amide bonds. The molecule has 2 aliphatic heterocycles. The molecule has 2 atom stereocenters. The number of aliphatic imine (C=N–C) groups is 1. The zero-order chi connectivity index (χ0) is 26.0. The molecule has 2 saturated heterocycles. The van der Waals surface area contributed by atoms with E-state index in [1.807, 2.05) is 111 Å². The van der Waals surface area contributed by atoms with Crippen LogP contribution in [0.25, 0.3) is 0 Å². The van der Waals surface area contributed by atoms with Crippen LogP contribution in [0.1, 0.15) is 31.9 Å². The number of rotatable bonds is 5. The third-order valence-electron chi connectivity index (χ3n) is 6.49. The van der Waals surface area contributed by atoms with Crippen LogP contribution < -0.4 is 10.2 Å². The number of benzene rings is 3. The van der Waals surface area contributed by atoms with Gasteiger partial charge in [-0.2, -0.15) is 0 Å². The van der Waals surface area contributed by atoms with E-state index in [9.17, 15) is 9.59 Å². The molecule has 2 heterocycles. The van der Waals surface area contributed by atoms with Gasteiger partial charge in [0.05, 0.1) is 18.1 Å². The summed E-state index contributed by atoms with van der Waals surface area (Å²) in [5.74, 6) is -0.346. The second-order valence-corrected chi connectivity index (χ2v) is 10.4. The predicted molar refractivity (Wildman–Crippen MR) is 145 cm³/mol. The molecule has 0 saturated carbocycles. The van der Waals surface area contributed by atoms with Crippen LogP contribution in [0.15, 0.2) is 89.9 Å². The summed E-state index contributed by atoms with van der Waals surface area (Å²) in [5, 5.41) is 3.24. The van der Waals surface area contributed by atoms with Gasteiger partial charge in [0.1, 0.15) is 17.7 Å². The number of anilines is 1. The molecule has 37 heavy (non-hydrogen) atoms. The smallest absolute Gasteiger partial charge is 0.325 e. The molecule has 1 N–H and O–H groups in total. The first-order valence-corrected chi connectivity index (χ1v) is 12.6. The number of carbonyl (C=O) groups is 2. The first kappa shape index (κ1) is 24.9. The lowest BCUT2D eigenvalue weighted by atomic mass is 10.0. The number of amides is 1. The van der Waals surface area contributed by atoms with Crippen molar-refractivity contribution >= 4 is 29.0 Å². The largest absolute Gasteiger partial charge is 0.459 e. The van der Waals surface area contributed by atoms with Crippen LogP contribution in [-0.4, -0.2) is 59.9 Å². The highest BCUT2D eigenvalue weighted by atomic mass is 16.6. The van der Waals surface area contributed by atoms with Gasteiger partial charge in [-0.1, -0.05) is 66.7 Å². The van der Waals surface area contributed by atoms with E-state index < -0.39 is 17.7 Å². The lowest BCUT2D eigenvalue weighted by Gasteiger charge is -2.35. The van der Waals surface area contributed by atoms with Gasteiger partial charge in [0.15, 0.2) is 0 Å². The highest BCUT2D eigenvalue weighted by Crippen LogP contribution is 2.30. The molecule has 2 aliphatic rings. The quantitative estimate of drug-likeness (QED) is 0.425. The number of esters is 1. The second kappa shape index (κ2) is 10.3. The summed E-state index contributed by atoms with van der Waals surface area (Å²) in [5.41, 5.74) is 3.80. The first-order chi connectivity index (χ1) is 17.8. The lowest BCUT2D eigenvalue weighted by Crippen LogP contribution is -2.60. The van der Waals surface area contributed by atoms with Gasteiger partial charge in [-0.15, -0.1) is 0 Å². The van der Waals surface area contributed by atoms with Crippen molar-refractivity contribution < 1.29 is 14.3 Å². The number of hydrogen-bond donors (Lipinski definition) is 1. The lowest BCUT2D eigenvalue weighted by molar-refractivity contribution is -0.162. The summed E-state index contributed by atoms with van der Waals surface area (Å²) < 4.78 is 5.64. The van der Waals surface area contributed by atoms with Gasteiger partial charge in [0.25, 0.3) is 0 Å². The van der Waals surface area contributed by atoms with E-state index in [2.05, 4.69) is 5.32 Å². The van der Waals surface area contributed by atoms with E-state index in [4.69, 9.17) is 9.73 Å². The van der Waals surface area contributed by atoms with Crippen molar-refractivity contribution in [3.8, 4) is 0 Å². The Labute approximate surface area is 217 Å². The fraction of sp³-hybridized carbons (Fsp3) is 0.300. The van der Waals surface area contributed by atoms with E-state index in [1.165, 1.54) is 0 Å². The fourth-order valence-electron chi connectivity index (χ4n) is 4.79. The van der Waals surface area contributed by atoms with Crippen molar-refractivity contribution in [2.75, 3.05) is 24.7 Å². The maximum absolute atomic E-state index is 13.4. The molecule has 0 bridgehead atoms. The molecular formula is C30H32N4O3. The van der Waals surface area contributed by atoms with Gasteiger partial charge in [0.2, 0.25) is 5.91 Å². The Hall–Kier alpha value is -3.81. The minimum Gasteiger partial charge on any atom is -0.459 e. The zero-order valence-corrected chi connectivity index (χ0v) is 21.4. The van der Waals surface area contributed by atoms with E-state index in [0.717, 1.165) is 28.2 Å². The van der Waals surface area contributed by atoms with Gasteiger partial charge in [0, 0.05) is 29.9 Å². The molecule has 0 aromatic heterocycles. The minimum absolute atomic E-state index is 0.0340. The van der Waals surface area contributed by atoms with Gasteiger partial charge >= 0.3 is 5.97 Å². The molecule has 0 aliphatic carbocycles. The monoisotopic (exact) mass is 496 g/mol. The van der Waals surface area contributed by atoms with Gasteiger partial charge in [-0.05, 0) is 39.0 Å². The summed E-state index contributed by atoms with van der Waals surface area (Å²) in [6, 6.07) is 26.9. The number of piperazine rings is 1. The van der Waals surface area contributed by atoms with Crippen LogP contribution in [0, 0.1) is 0 Å². The molecule has 0 radical (unpaired) electrons. The molecule has 2 unspecified atom stereocenters. The molecule has 7 heteroatoms. The number of nitrogens with one attached hydrogen (secondary N) is 1. The third kappa shape index (κ3) is 5.48. The fourth-order valence-corrected chi connectivity index (χ4v) is 4.79. The molecular weight excluding hydrogens is 464 g/mol. The van der Waals surface area contributed by atoms with Crippen molar-refractivity contribution in [3.63, 3.8) is 0 Å².